The second-order valence-electron chi connectivity index (χ2n) is 5.31. The third kappa shape index (κ3) is 3.88. The first-order chi connectivity index (χ1) is 11.3. The van der Waals surface area contributed by atoms with Crippen molar-refractivity contribution in [2.24, 2.45) is 0 Å². The van der Waals surface area contributed by atoms with Gasteiger partial charge >= 0.3 is 5.97 Å². The van der Waals surface area contributed by atoms with Crippen LogP contribution in [0.25, 0.3) is 5.69 Å². The summed E-state index contributed by atoms with van der Waals surface area (Å²) in [5, 5.41) is 13.6. The molecule has 0 aliphatic rings. The Kier molecular flexibility index (Phi) is 5.85. The van der Waals surface area contributed by atoms with Crippen LogP contribution in [-0.4, -0.2) is 33.9 Å². The van der Waals surface area contributed by atoms with E-state index in [1.165, 1.54) is 11.1 Å². The van der Waals surface area contributed by atoms with Gasteiger partial charge in [-0.15, -0.1) is 0 Å². The van der Waals surface area contributed by atoms with Crippen LogP contribution in [0.5, 0.6) is 0 Å². The van der Waals surface area contributed by atoms with E-state index in [2.05, 4.69) is 5.10 Å². The molecule has 0 aliphatic heterocycles. The fourth-order valence-corrected chi connectivity index (χ4v) is 2.68. The smallest absolute Gasteiger partial charge is 0.323 e. The van der Waals surface area contributed by atoms with E-state index in [9.17, 15) is 9.59 Å². The van der Waals surface area contributed by atoms with Crippen LogP contribution in [0.4, 0.5) is 5.69 Å². The number of rotatable bonds is 6. The van der Waals surface area contributed by atoms with Gasteiger partial charge in [0.1, 0.15) is 11.6 Å². The largest absolute Gasteiger partial charge is 0.480 e. The van der Waals surface area contributed by atoms with Crippen LogP contribution in [0.3, 0.4) is 0 Å². The van der Waals surface area contributed by atoms with Crippen molar-refractivity contribution in [1.82, 2.24) is 9.78 Å². The van der Waals surface area contributed by atoms with Crippen LogP contribution in [0.15, 0.2) is 29.2 Å². The first-order valence-corrected chi connectivity index (χ1v) is 8.11. The second kappa shape index (κ2) is 7.68. The number of aryl methyl sites for hydroxylation is 1. The number of halogens is 2. The zero-order chi connectivity index (χ0) is 17.9. The van der Waals surface area contributed by atoms with Gasteiger partial charge in [0.15, 0.2) is 0 Å². The molecule has 0 saturated heterocycles. The van der Waals surface area contributed by atoms with Crippen molar-refractivity contribution in [2.75, 3.05) is 18.0 Å². The topological polar surface area (TPSA) is 75.4 Å². The number of hydrogen-bond acceptors (Lipinski definition) is 4. The highest BCUT2D eigenvalue weighted by atomic mass is 35.5. The van der Waals surface area contributed by atoms with Gasteiger partial charge < -0.3 is 10.0 Å². The molecule has 0 aliphatic carbocycles. The van der Waals surface area contributed by atoms with Crippen molar-refractivity contribution in [2.45, 2.75) is 20.3 Å². The number of aromatic nitrogens is 2. The number of carboxylic acid groups (broad SMARTS) is 1. The maximum absolute atomic E-state index is 12.5. The van der Waals surface area contributed by atoms with Gasteiger partial charge in [-0.05, 0) is 31.0 Å². The summed E-state index contributed by atoms with van der Waals surface area (Å²) in [7, 11) is 0. The summed E-state index contributed by atoms with van der Waals surface area (Å²) in [4.78, 5) is 25.1. The maximum atomic E-state index is 12.5. The van der Waals surface area contributed by atoms with E-state index in [1.54, 1.807) is 18.2 Å². The van der Waals surface area contributed by atoms with E-state index in [1.807, 2.05) is 13.8 Å². The molecule has 0 saturated carbocycles. The number of nitrogens with zero attached hydrogens (tertiary/aromatic N) is 3. The summed E-state index contributed by atoms with van der Waals surface area (Å²) in [6.45, 7) is 3.96. The van der Waals surface area contributed by atoms with Crippen LogP contribution in [-0.2, 0) is 4.79 Å². The Labute approximate surface area is 149 Å². The average molecular weight is 370 g/mol. The number of anilines is 1. The summed E-state index contributed by atoms with van der Waals surface area (Å²) in [6.07, 6.45) is 2.11. The van der Waals surface area contributed by atoms with Crippen LogP contribution in [0, 0.1) is 6.92 Å². The van der Waals surface area contributed by atoms with Crippen LogP contribution >= 0.6 is 23.2 Å². The lowest BCUT2D eigenvalue weighted by Crippen LogP contribution is -2.33. The number of carbonyl (C=O) groups is 1. The lowest BCUT2D eigenvalue weighted by molar-refractivity contribution is -0.135. The Morgan fingerprint density at radius 1 is 1.38 bits per heavy atom. The van der Waals surface area contributed by atoms with E-state index >= 15 is 0 Å². The molecular weight excluding hydrogens is 353 g/mol. The van der Waals surface area contributed by atoms with Crippen LogP contribution in [0.1, 0.15) is 18.9 Å². The average Bonchev–Trinajstić information content (AvgIpc) is 2.52. The van der Waals surface area contributed by atoms with Crippen LogP contribution < -0.4 is 10.5 Å². The van der Waals surface area contributed by atoms with Crippen molar-refractivity contribution in [3.05, 3.63) is 50.4 Å². The summed E-state index contributed by atoms with van der Waals surface area (Å²) >= 11 is 12.3. The highest BCUT2D eigenvalue weighted by molar-refractivity contribution is 6.33. The van der Waals surface area contributed by atoms with Crippen LogP contribution in [0.2, 0.25) is 10.0 Å². The van der Waals surface area contributed by atoms with Crippen molar-refractivity contribution in [3.8, 4) is 5.69 Å². The predicted molar refractivity (Wildman–Crippen MR) is 94.7 cm³/mol. The first kappa shape index (κ1) is 18.3. The lowest BCUT2D eigenvalue weighted by atomic mass is 10.2. The number of benzene rings is 1. The molecule has 2 rings (SSSR count). The van der Waals surface area contributed by atoms with Gasteiger partial charge in [-0.2, -0.15) is 9.78 Å². The number of hydrogen-bond donors (Lipinski definition) is 1. The highest BCUT2D eigenvalue weighted by Crippen LogP contribution is 2.23. The quantitative estimate of drug-likeness (QED) is 0.846. The minimum Gasteiger partial charge on any atom is -0.480 e. The molecule has 0 bridgehead atoms. The first-order valence-electron chi connectivity index (χ1n) is 7.36. The molecule has 0 spiro atoms. The zero-order valence-corrected chi connectivity index (χ0v) is 14.8. The molecule has 1 aromatic carbocycles. The lowest BCUT2D eigenvalue weighted by Gasteiger charge is -2.23. The van der Waals surface area contributed by atoms with Crippen molar-refractivity contribution >= 4 is 34.9 Å². The molecule has 2 aromatic rings. The second-order valence-corrected chi connectivity index (χ2v) is 6.09. The summed E-state index contributed by atoms with van der Waals surface area (Å²) in [5.41, 5.74) is 1.15. The van der Waals surface area contributed by atoms with Gasteiger partial charge in [-0.1, -0.05) is 36.2 Å². The van der Waals surface area contributed by atoms with Gasteiger partial charge in [0.2, 0.25) is 0 Å². The molecule has 0 amide bonds. The van der Waals surface area contributed by atoms with Crippen molar-refractivity contribution < 1.29 is 9.90 Å². The van der Waals surface area contributed by atoms with Gasteiger partial charge in [0.25, 0.3) is 5.56 Å². The Hall–Kier alpha value is -2.05. The van der Waals surface area contributed by atoms with Gasteiger partial charge in [0.05, 0.1) is 17.6 Å². The molecule has 128 valence electrons. The normalized spacial score (nSPS) is 10.7. The Balaban J connectivity index is 2.49. The SMILES string of the molecule is CCCN(CC(=O)O)c1cnn(-c2ccc(C)c(Cl)c2)c(=O)c1Cl. The fourth-order valence-electron chi connectivity index (χ4n) is 2.26. The standard InChI is InChI=1S/C16H17Cl2N3O3/c1-3-6-20(9-14(22)23)13-8-19-21(16(24)15(13)18)11-5-4-10(2)12(17)7-11/h4-5,7-8H,3,6,9H2,1-2H3,(H,22,23). The van der Waals surface area contributed by atoms with Gasteiger partial charge in [-0.3, -0.25) is 9.59 Å². The molecule has 8 heteroatoms. The molecule has 1 heterocycles. The molecule has 1 N–H and O–H groups in total. The summed E-state index contributed by atoms with van der Waals surface area (Å²) in [5.74, 6) is -1.01. The van der Waals surface area contributed by atoms with E-state index in [0.29, 0.717) is 29.4 Å². The third-order valence-corrected chi connectivity index (χ3v) is 4.22. The summed E-state index contributed by atoms with van der Waals surface area (Å²) in [6, 6.07) is 5.12. The van der Waals surface area contributed by atoms with E-state index < -0.39 is 11.5 Å². The monoisotopic (exact) mass is 369 g/mol. The Bertz CT molecular complexity index is 821. The van der Waals surface area contributed by atoms with Gasteiger partial charge in [-0.25, -0.2) is 0 Å². The molecular formula is C16H17Cl2N3O3. The number of aliphatic carboxylic acids is 1. The molecule has 0 unspecified atom stereocenters. The molecule has 0 radical (unpaired) electrons. The minimum atomic E-state index is -1.01. The van der Waals surface area contributed by atoms with E-state index in [4.69, 9.17) is 28.3 Å². The molecule has 6 nitrogen and oxygen atoms in total. The maximum Gasteiger partial charge on any atom is 0.323 e. The third-order valence-electron chi connectivity index (χ3n) is 3.46. The Morgan fingerprint density at radius 2 is 2.08 bits per heavy atom. The highest BCUT2D eigenvalue weighted by Gasteiger charge is 2.18. The predicted octanol–water partition coefficient (Wildman–Crippen LogP) is 3.15. The summed E-state index contributed by atoms with van der Waals surface area (Å²) < 4.78 is 1.14. The molecule has 1 aromatic heterocycles. The number of carboxylic acids is 1. The Morgan fingerprint density at radius 3 is 2.67 bits per heavy atom. The molecule has 0 fully saturated rings. The fraction of sp³-hybridized carbons (Fsp3) is 0.312. The van der Waals surface area contributed by atoms with Crippen molar-refractivity contribution in [3.63, 3.8) is 0 Å². The minimum absolute atomic E-state index is 0.0728. The van der Waals surface area contributed by atoms with Gasteiger partial charge in [0, 0.05) is 11.6 Å². The van der Waals surface area contributed by atoms with Crippen molar-refractivity contribution in [1.29, 1.82) is 0 Å². The molecule has 24 heavy (non-hydrogen) atoms. The zero-order valence-electron chi connectivity index (χ0n) is 13.3. The van der Waals surface area contributed by atoms with E-state index in [0.717, 1.165) is 10.2 Å². The van der Waals surface area contributed by atoms with E-state index in [-0.39, 0.29) is 11.6 Å². The molecule has 0 atom stereocenters.